The maximum atomic E-state index is 11.6. The molecular formula is C22H32O5. The molecule has 0 bridgehead atoms. The van der Waals surface area contributed by atoms with Crippen LogP contribution in [0.2, 0.25) is 0 Å². The van der Waals surface area contributed by atoms with Crippen molar-refractivity contribution in [3.8, 4) is 0 Å². The maximum absolute atomic E-state index is 11.6. The lowest BCUT2D eigenvalue weighted by molar-refractivity contribution is -0.213. The summed E-state index contributed by atoms with van der Waals surface area (Å²) in [7, 11) is 0. The van der Waals surface area contributed by atoms with E-state index in [1.807, 2.05) is 6.08 Å². The zero-order chi connectivity index (χ0) is 19.4. The second kappa shape index (κ2) is 6.41. The lowest BCUT2D eigenvalue weighted by Gasteiger charge is -2.60. The van der Waals surface area contributed by atoms with E-state index in [9.17, 15) is 9.59 Å². The van der Waals surface area contributed by atoms with Gasteiger partial charge in [0, 0.05) is 19.3 Å². The summed E-state index contributed by atoms with van der Waals surface area (Å²) in [6.45, 7) is 9.34. The highest BCUT2D eigenvalue weighted by molar-refractivity contribution is 5.74. The summed E-state index contributed by atoms with van der Waals surface area (Å²) < 4.78 is 17.7. The van der Waals surface area contributed by atoms with Gasteiger partial charge in [-0.25, -0.2) is 0 Å². The van der Waals surface area contributed by atoms with E-state index in [4.69, 9.17) is 14.2 Å². The highest BCUT2D eigenvalue weighted by Crippen LogP contribution is 2.66. The average Bonchev–Trinajstić information content (AvgIpc) is 3.32. The highest BCUT2D eigenvalue weighted by Gasteiger charge is 2.67. The van der Waals surface area contributed by atoms with Crippen molar-refractivity contribution in [2.24, 2.45) is 22.7 Å². The Morgan fingerprint density at radius 1 is 1.26 bits per heavy atom. The minimum absolute atomic E-state index is 0.0871. The number of esters is 1. The Morgan fingerprint density at radius 2 is 2.00 bits per heavy atom. The van der Waals surface area contributed by atoms with E-state index in [0.29, 0.717) is 23.3 Å². The zero-order valence-electron chi connectivity index (χ0n) is 17.0. The first kappa shape index (κ1) is 19.1. The van der Waals surface area contributed by atoms with E-state index < -0.39 is 6.29 Å². The van der Waals surface area contributed by atoms with Crippen molar-refractivity contribution in [3.05, 3.63) is 11.6 Å². The first-order valence-electron chi connectivity index (χ1n) is 10.3. The van der Waals surface area contributed by atoms with E-state index in [1.54, 1.807) is 0 Å². The van der Waals surface area contributed by atoms with Crippen LogP contribution in [0.3, 0.4) is 0 Å². The summed E-state index contributed by atoms with van der Waals surface area (Å²) >= 11 is 0. The molecule has 4 rings (SSSR count). The second-order valence-electron chi connectivity index (χ2n) is 9.97. The molecule has 27 heavy (non-hydrogen) atoms. The van der Waals surface area contributed by atoms with Crippen LogP contribution in [0.4, 0.5) is 0 Å². The van der Waals surface area contributed by atoms with Crippen molar-refractivity contribution in [2.45, 2.75) is 84.2 Å². The Balaban J connectivity index is 1.70. The lowest BCUT2D eigenvalue weighted by atomic mass is 9.45. The summed E-state index contributed by atoms with van der Waals surface area (Å²) in [6.07, 6.45) is 8.07. The molecule has 1 spiro atoms. The molecule has 3 fully saturated rings. The minimum Gasteiger partial charge on any atom is -0.436 e. The molecule has 0 aromatic carbocycles. The molecule has 2 aliphatic heterocycles. The standard InChI is InChI=1S/C22H32O5/c1-14(24)26-18-11-15(12-23)10-16(27-18)19-21(4)8-5-7-20(2,3)17(21)6-9-22(19)13-25-22/h10,12,16-19H,5-9,11,13H2,1-4H3/t16-,17+,18-,19-,21+,22-/m1/s1. The van der Waals surface area contributed by atoms with Gasteiger partial charge in [-0.1, -0.05) is 27.2 Å². The average molecular weight is 376 g/mol. The van der Waals surface area contributed by atoms with Gasteiger partial charge in [0.15, 0.2) is 0 Å². The molecule has 6 atom stereocenters. The summed E-state index contributed by atoms with van der Waals surface area (Å²) in [5.74, 6) is 0.399. The van der Waals surface area contributed by atoms with Gasteiger partial charge in [0.1, 0.15) is 6.29 Å². The molecule has 0 N–H and O–H groups in total. The van der Waals surface area contributed by atoms with Crippen LogP contribution >= 0.6 is 0 Å². The summed E-state index contributed by atoms with van der Waals surface area (Å²) in [5.41, 5.74) is 0.896. The summed E-state index contributed by atoms with van der Waals surface area (Å²) in [5, 5.41) is 0. The molecule has 2 saturated carbocycles. The molecule has 5 nitrogen and oxygen atoms in total. The zero-order valence-corrected chi connectivity index (χ0v) is 17.0. The molecule has 1 saturated heterocycles. The highest BCUT2D eigenvalue weighted by atomic mass is 16.7. The summed E-state index contributed by atoms with van der Waals surface area (Å²) in [6, 6.07) is 0. The fraction of sp³-hybridized carbons (Fsp3) is 0.818. The van der Waals surface area contributed by atoms with Crippen LogP contribution in [0, 0.1) is 22.7 Å². The molecule has 4 aliphatic rings. The molecular weight excluding hydrogens is 344 g/mol. The predicted octanol–water partition coefficient (Wildman–Crippen LogP) is 3.80. The quantitative estimate of drug-likeness (QED) is 0.426. The van der Waals surface area contributed by atoms with Crippen molar-refractivity contribution in [1.29, 1.82) is 0 Å². The largest absolute Gasteiger partial charge is 0.436 e. The second-order valence-corrected chi connectivity index (χ2v) is 9.97. The van der Waals surface area contributed by atoms with Crippen molar-refractivity contribution in [1.82, 2.24) is 0 Å². The first-order chi connectivity index (χ1) is 12.7. The van der Waals surface area contributed by atoms with Crippen LogP contribution in [-0.2, 0) is 23.8 Å². The van der Waals surface area contributed by atoms with Gasteiger partial charge in [-0.15, -0.1) is 0 Å². The molecule has 5 heteroatoms. The number of ether oxygens (including phenoxy) is 3. The topological polar surface area (TPSA) is 65.1 Å². The van der Waals surface area contributed by atoms with E-state index in [-0.39, 0.29) is 29.0 Å². The number of aldehydes is 1. The van der Waals surface area contributed by atoms with Gasteiger partial charge in [-0.2, -0.15) is 0 Å². The van der Waals surface area contributed by atoms with Crippen LogP contribution in [0.15, 0.2) is 11.6 Å². The van der Waals surface area contributed by atoms with Gasteiger partial charge in [0.05, 0.1) is 18.3 Å². The Hall–Kier alpha value is -1.20. The van der Waals surface area contributed by atoms with Crippen molar-refractivity contribution >= 4 is 12.3 Å². The number of rotatable bonds is 3. The Bertz CT molecular complexity index is 662. The maximum Gasteiger partial charge on any atom is 0.304 e. The molecule has 2 heterocycles. The van der Waals surface area contributed by atoms with Crippen LogP contribution < -0.4 is 0 Å². The van der Waals surface area contributed by atoms with E-state index >= 15 is 0 Å². The Kier molecular flexibility index (Phi) is 4.54. The molecule has 150 valence electrons. The van der Waals surface area contributed by atoms with E-state index in [0.717, 1.165) is 25.7 Å². The molecule has 2 aliphatic carbocycles. The normalized spacial score (nSPS) is 45.6. The number of fused-ring (bicyclic) bond motifs is 1. The molecule has 0 unspecified atom stereocenters. The number of hydrogen-bond acceptors (Lipinski definition) is 5. The predicted molar refractivity (Wildman–Crippen MR) is 99.8 cm³/mol. The number of carbonyl (C=O) groups is 2. The van der Waals surface area contributed by atoms with Crippen LogP contribution in [0.25, 0.3) is 0 Å². The van der Waals surface area contributed by atoms with Gasteiger partial charge in [-0.3, -0.25) is 9.59 Å². The van der Waals surface area contributed by atoms with Crippen LogP contribution in [-0.4, -0.2) is 36.9 Å². The third kappa shape index (κ3) is 3.17. The smallest absolute Gasteiger partial charge is 0.304 e. The first-order valence-corrected chi connectivity index (χ1v) is 10.3. The number of hydrogen-bond donors (Lipinski definition) is 0. The molecule has 0 aromatic rings. The monoisotopic (exact) mass is 376 g/mol. The van der Waals surface area contributed by atoms with Gasteiger partial charge in [0.25, 0.3) is 0 Å². The van der Waals surface area contributed by atoms with Gasteiger partial charge >= 0.3 is 5.97 Å². The Morgan fingerprint density at radius 3 is 2.63 bits per heavy atom. The molecule has 0 radical (unpaired) electrons. The third-order valence-corrected chi connectivity index (χ3v) is 7.79. The fourth-order valence-electron chi connectivity index (χ4n) is 6.75. The molecule has 0 amide bonds. The van der Waals surface area contributed by atoms with Crippen molar-refractivity contribution in [3.63, 3.8) is 0 Å². The van der Waals surface area contributed by atoms with E-state index in [1.165, 1.54) is 26.2 Å². The van der Waals surface area contributed by atoms with Crippen molar-refractivity contribution in [2.75, 3.05) is 6.61 Å². The van der Waals surface area contributed by atoms with Crippen molar-refractivity contribution < 1.29 is 23.8 Å². The number of epoxide rings is 1. The van der Waals surface area contributed by atoms with Crippen LogP contribution in [0.1, 0.15) is 66.2 Å². The van der Waals surface area contributed by atoms with E-state index in [2.05, 4.69) is 20.8 Å². The third-order valence-electron chi connectivity index (χ3n) is 7.79. The van der Waals surface area contributed by atoms with Gasteiger partial charge < -0.3 is 14.2 Å². The lowest BCUT2D eigenvalue weighted by Crippen LogP contribution is -2.59. The Labute approximate surface area is 161 Å². The number of carbonyl (C=O) groups excluding carboxylic acids is 2. The molecule has 0 aromatic heterocycles. The minimum atomic E-state index is -0.686. The van der Waals surface area contributed by atoms with Crippen LogP contribution in [0.5, 0.6) is 0 Å². The SMILES string of the molecule is CC(=O)O[C@H]1CC(C=O)=C[C@H]([C@H]2[C@@]3(CC[C@H]4C(C)(C)CCC[C@@]42C)CO3)O1. The summed E-state index contributed by atoms with van der Waals surface area (Å²) in [4.78, 5) is 23.0. The fourth-order valence-corrected chi connectivity index (χ4v) is 6.75. The van der Waals surface area contributed by atoms with Gasteiger partial charge in [0.2, 0.25) is 6.29 Å². The van der Waals surface area contributed by atoms with Gasteiger partial charge in [-0.05, 0) is 54.1 Å².